The first-order valence-corrected chi connectivity index (χ1v) is 11.7. The fraction of sp³-hybridized carbons (Fsp3) is 0.481. The number of carbonyl (C=O) groups excluding carboxylic acids is 2. The fourth-order valence-electron chi connectivity index (χ4n) is 4.29. The van der Waals surface area contributed by atoms with Gasteiger partial charge in [0.05, 0.1) is 6.04 Å². The third-order valence-electron chi connectivity index (χ3n) is 6.06. The van der Waals surface area contributed by atoms with Crippen LogP contribution in [0.15, 0.2) is 60.7 Å². The Kier molecular flexibility index (Phi) is 8.67. The maximum absolute atomic E-state index is 13.0. The molecule has 3 nitrogen and oxygen atoms in total. The Labute approximate surface area is 181 Å². The predicted molar refractivity (Wildman–Crippen MR) is 122 cm³/mol. The fourth-order valence-corrected chi connectivity index (χ4v) is 4.29. The number of unbranched alkanes of at least 4 members (excludes halogenated alkanes) is 8. The summed E-state index contributed by atoms with van der Waals surface area (Å²) >= 11 is 0. The molecule has 2 atom stereocenters. The van der Waals surface area contributed by atoms with Crippen molar-refractivity contribution in [3.8, 4) is 0 Å². The average Bonchev–Trinajstić information content (AvgIpc) is 3.54. The van der Waals surface area contributed by atoms with Crippen molar-refractivity contribution in [2.45, 2.75) is 83.2 Å². The van der Waals surface area contributed by atoms with Crippen LogP contribution in [0.25, 0.3) is 0 Å². The zero-order valence-corrected chi connectivity index (χ0v) is 18.3. The van der Waals surface area contributed by atoms with Crippen LogP contribution >= 0.6 is 0 Å². The van der Waals surface area contributed by atoms with Crippen LogP contribution in [0.2, 0.25) is 0 Å². The van der Waals surface area contributed by atoms with Crippen LogP contribution in [0.1, 0.15) is 93.1 Å². The van der Waals surface area contributed by atoms with Crippen molar-refractivity contribution in [2.75, 3.05) is 0 Å². The summed E-state index contributed by atoms with van der Waals surface area (Å²) in [5.74, 6) is 0.158. The van der Waals surface area contributed by atoms with Gasteiger partial charge in [0.25, 0.3) is 0 Å². The summed E-state index contributed by atoms with van der Waals surface area (Å²) in [4.78, 5) is 27.8. The number of amides is 1. The van der Waals surface area contributed by atoms with Crippen LogP contribution < -0.4 is 0 Å². The van der Waals surface area contributed by atoms with E-state index in [-0.39, 0.29) is 23.8 Å². The van der Waals surface area contributed by atoms with Crippen LogP contribution in [0, 0.1) is 0 Å². The summed E-state index contributed by atoms with van der Waals surface area (Å²) in [6.45, 7) is 2.24. The minimum atomic E-state index is -0.360. The molecule has 3 rings (SSSR count). The van der Waals surface area contributed by atoms with Gasteiger partial charge in [-0.1, -0.05) is 119 Å². The van der Waals surface area contributed by atoms with Crippen molar-refractivity contribution in [1.29, 1.82) is 0 Å². The molecule has 2 aromatic carbocycles. The smallest absolute Gasteiger partial charge is 0.223 e. The van der Waals surface area contributed by atoms with Gasteiger partial charge in [0, 0.05) is 12.0 Å². The third-order valence-corrected chi connectivity index (χ3v) is 6.06. The number of ketones is 1. The largest absolute Gasteiger partial charge is 0.320 e. The Morgan fingerprint density at radius 1 is 0.733 bits per heavy atom. The Morgan fingerprint density at radius 3 is 1.87 bits per heavy atom. The SMILES string of the molecule is CCCCCCCCCCCC(=O)N1[C@@H](C(=O)c2ccccc2)[C@@H]1c1ccccc1. The number of rotatable bonds is 13. The lowest BCUT2D eigenvalue weighted by Crippen LogP contribution is -2.18. The second kappa shape index (κ2) is 11.7. The molecule has 0 aliphatic carbocycles. The highest BCUT2D eigenvalue weighted by Gasteiger charge is 2.55. The summed E-state index contributed by atoms with van der Waals surface area (Å²) in [7, 11) is 0. The standard InChI is InChI=1S/C27H35NO2/c1-2-3-4-5-6-7-8-9-16-21-24(29)28-25(22-17-12-10-13-18-22)26(28)27(30)23-19-14-11-15-20-23/h10-15,17-20,25-26H,2-9,16,21H2,1H3/t25-,26+,28?/m0/s1. The molecular weight excluding hydrogens is 370 g/mol. The molecule has 0 bridgehead atoms. The lowest BCUT2D eigenvalue weighted by molar-refractivity contribution is -0.126. The van der Waals surface area contributed by atoms with Gasteiger partial charge in [-0.15, -0.1) is 0 Å². The molecule has 1 amide bonds. The molecule has 0 saturated carbocycles. The third kappa shape index (κ3) is 6.04. The highest BCUT2D eigenvalue weighted by molar-refractivity contribution is 6.05. The molecule has 1 heterocycles. The van der Waals surface area contributed by atoms with Crippen LogP contribution in [0.3, 0.4) is 0 Å². The van der Waals surface area contributed by atoms with Crippen LogP contribution in [-0.4, -0.2) is 22.6 Å². The van der Waals surface area contributed by atoms with Crippen molar-refractivity contribution >= 4 is 11.7 Å². The number of nitrogens with zero attached hydrogens (tertiary/aromatic N) is 1. The molecule has 0 spiro atoms. The molecule has 1 aliphatic heterocycles. The maximum atomic E-state index is 13.0. The molecule has 1 fully saturated rings. The second-order valence-corrected chi connectivity index (χ2v) is 8.41. The Bertz CT molecular complexity index is 787. The van der Waals surface area contributed by atoms with E-state index in [4.69, 9.17) is 0 Å². The Morgan fingerprint density at radius 2 is 1.27 bits per heavy atom. The molecule has 30 heavy (non-hydrogen) atoms. The van der Waals surface area contributed by atoms with E-state index in [9.17, 15) is 9.59 Å². The minimum Gasteiger partial charge on any atom is -0.320 e. The van der Waals surface area contributed by atoms with Crippen molar-refractivity contribution in [3.63, 3.8) is 0 Å². The van der Waals surface area contributed by atoms with Gasteiger partial charge in [0.1, 0.15) is 6.04 Å². The Balaban J connectivity index is 1.49. The Hall–Kier alpha value is -2.42. The summed E-state index contributed by atoms with van der Waals surface area (Å²) < 4.78 is 0. The number of carbonyl (C=O) groups is 2. The van der Waals surface area contributed by atoms with E-state index in [1.54, 1.807) is 4.90 Å². The topological polar surface area (TPSA) is 37.1 Å². The number of hydrogen-bond donors (Lipinski definition) is 0. The van der Waals surface area contributed by atoms with Gasteiger partial charge < -0.3 is 4.90 Å². The normalized spacial score (nSPS) is 17.7. The van der Waals surface area contributed by atoms with E-state index in [2.05, 4.69) is 6.92 Å². The summed E-state index contributed by atoms with van der Waals surface area (Å²) in [6.07, 6.45) is 11.6. The first-order chi connectivity index (χ1) is 14.7. The second-order valence-electron chi connectivity index (χ2n) is 8.41. The highest BCUT2D eigenvalue weighted by Crippen LogP contribution is 2.45. The van der Waals surface area contributed by atoms with Gasteiger partial charge >= 0.3 is 0 Å². The number of Topliss-reactive ketones (excluding diaryl/α,β-unsaturated/α-hetero) is 1. The first-order valence-electron chi connectivity index (χ1n) is 11.7. The average molecular weight is 406 g/mol. The molecule has 3 heteroatoms. The van der Waals surface area contributed by atoms with Gasteiger partial charge in [-0.3, -0.25) is 9.59 Å². The molecular formula is C27H35NO2. The maximum Gasteiger partial charge on any atom is 0.223 e. The van der Waals surface area contributed by atoms with E-state index in [1.807, 2.05) is 60.7 Å². The molecule has 0 radical (unpaired) electrons. The van der Waals surface area contributed by atoms with Gasteiger partial charge in [0.15, 0.2) is 5.78 Å². The number of hydrogen-bond acceptors (Lipinski definition) is 2. The van der Waals surface area contributed by atoms with Crippen molar-refractivity contribution in [1.82, 2.24) is 4.90 Å². The van der Waals surface area contributed by atoms with Crippen LogP contribution in [0.5, 0.6) is 0 Å². The quantitative estimate of drug-likeness (QED) is 0.210. The van der Waals surface area contributed by atoms with E-state index >= 15 is 0 Å². The summed E-state index contributed by atoms with van der Waals surface area (Å²) in [5, 5.41) is 0. The zero-order chi connectivity index (χ0) is 21.2. The van der Waals surface area contributed by atoms with Gasteiger partial charge in [-0.05, 0) is 12.0 Å². The van der Waals surface area contributed by atoms with Crippen molar-refractivity contribution in [3.05, 3.63) is 71.8 Å². The van der Waals surface area contributed by atoms with E-state index in [0.717, 1.165) is 18.4 Å². The monoisotopic (exact) mass is 405 g/mol. The molecule has 160 valence electrons. The van der Waals surface area contributed by atoms with E-state index in [0.29, 0.717) is 12.0 Å². The minimum absolute atomic E-state index is 0.0462. The van der Waals surface area contributed by atoms with Crippen molar-refractivity contribution in [2.24, 2.45) is 0 Å². The molecule has 1 aliphatic rings. The lowest BCUT2D eigenvalue weighted by atomic mass is 10.0. The van der Waals surface area contributed by atoms with Gasteiger partial charge in [-0.25, -0.2) is 0 Å². The molecule has 1 saturated heterocycles. The summed E-state index contributed by atoms with van der Waals surface area (Å²) in [5.41, 5.74) is 1.73. The number of benzene rings is 2. The van der Waals surface area contributed by atoms with Gasteiger partial charge in [0.2, 0.25) is 5.91 Å². The van der Waals surface area contributed by atoms with Crippen LogP contribution in [-0.2, 0) is 4.79 Å². The molecule has 2 aromatic rings. The van der Waals surface area contributed by atoms with E-state index in [1.165, 1.54) is 44.9 Å². The lowest BCUT2D eigenvalue weighted by Gasteiger charge is -2.06. The molecule has 0 aromatic heterocycles. The van der Waals surface area contributed by atoms with Crippen molar-refractivity contribution < 1.29 is 9.59 Å². The first kappa shape index (κ1) is 22.3. The highest BCUT2D eigenvalue weighted by atomic mass is 16.2. The molecule has 0 N–H and O–H groups in total. The molecule has 0 unspecified atom stereocenters. The van der Waals surface area contributed by atoms with Gasteiger partial charge in [-0.2, -0.15) is 0 Å². The zero-order valence-electron chi connectivity index (χ0n) is 18.3. The van der Waals surface area contributed by atoms with Crippen LogP contribution in [0.4, 0.5) is 0 Å². The summed E-state index contributed by atoms with van der Waals surface area (Å²) in [6, 6.07) is 18.8. The van der Waals surface area contributed by atoms with E-state index < -0.39 is 0 Å². The predicted octanol–water partition coefficient (Wildman–Crippen LogP) is 6.74.